The smallest absolute Gasteiger partial charge is 0.419 e. The quantitative estimate of drug-likeness (QED) is 0.102. The lowest BCUT2D eigenvalue weighted by Gasteiger charge is -2.14. The van der Waals surface area contributed by atoms with Crippen LogP contribution in [-0.2, 0) is 6.42 Å². The Labute approximate surface area is 266 Å². The van der Waals surface area contributed by atoms with Gasteiger partial charge >= 0.3 is 6.11 Å². The maximum absolute atomic E-state index is 15.2. The van der Waals surface area contributed by atoms with Gasteiger partial charge in [0.2, 0.25) is 0 Å². The van der Waals surface area contributed by atoms with Crippen molar-refractivity contribution in [3.63, 3.8) is 0 Å². The van der Waals surface area contributed by atoms with Gasteiger partial charge in [0.15, 0.2) is 11.6 Å². The number of rotatable bonds is 11. The van der Waals surface area contributed by atoms with Gasteiger partial charge in [-0.05, 0) is 83.1 Å². The molecule has 5 rings (SSSR count). The first-order chi connectivity index (χ1) is 22.4. The Hall–Kier alpha value is -4.92. The molecule has 0 atom stereocenters. The number of unbranched alkanes of at least 4 members (excludes halogenated alkanes) is 2. The van der Waals surface area contributed by atoms with Gasteiger partial charge in [0.05, 0.1) is 0 Å². The average molecular weight is 653 g/mol. The molecule has 242 valence electrons. The summed E-state index contributed by atoms with van der Waals surface area (Å²) in [6, 6.07) is 19.4. The minimum absolute atomic E-state index is 0.0360. The normalized spacial score (nSPS) is 11.8. The van der Waals surface area contributed by atoms with Crippen LogP contribution in [0.3, 0.4) is 0 Å². The molecule has 0 amide bonds. The molecule has 0 aliphatic carbocycles. The highest BCUT2D eigenvalue weighted by molar-refractivity contribution is 5.75. The van der Waals surface area contributed by atoms with Crippen LogP contribution >= 0.6 is 0 Å². The van der Waals surface area contributed by atoms with Crippen molar-refractivity contribution in [2.45, 2.75) is 38.7 Å². The van der Waals surface area contributed by atoms with Gasteiger partial charge in [0.1, 0.15) is 29.0 Å². The van der Waals surface area contributed by atoms with E-state index in [-0.39, 0.29) is 28.3 Å². The van der Waals surface area contributed by atoms with E-state index in [1.807, 2.05) is 24.3 Å². The first-order valence-corrected chi connectivity index (χ1v) is 14.8. The summed E-state index contributed by atoms with van der Waals surface area (Å²) in [4.78, 5) is 0. The molecule has 0 aliphatic rings. The molecule has 9 heteroatoms. The molecular formula is C38H28F8O. The van der Waals surface area contributed by atoms with E-state index in [0.717, 1.165) is 55.5 Å². The van der Waals surface area contributed by atoms with E-state index in [1.165, 1.54) is 29.8 Å². The van der Waals surface area contributed by atoms with Crippen LogP contribution in [0.1, 0.15) is 37.3 Å². The van der Waals surface area contributed by atoms with E-state index in [0.29, 0.717) is 23.8 Å². The fourth-order valence-electron chi connectivity index (χ4n) is 5.10. The molecule has 0 spiro atoms. The molecule has 47 heavy (non-hydrogen) atoms. The van der Waals surface area contributed by atoms with Gasteiger partial charge in [0, 0.05) is 28.8 Å². The topological polar surface area (TPSA) is 9.23 Å². The highest BCUT2D eigenvalue weighted by Gasteiger charge is 2.29. The van der Waals surface area contributed by atoms with Gasteiger partial charge in [-0.15, -0.1) is 0 Å². The zero-order valence-corrected chi connectivity index (χ0v) is 25.1. The molecule has 0 aromatic heterocycles. The second kappa shape index (κ2) is 14.2. The fraction of sp³-hybridized carbons (Fsp3) is 0.158. The Morgan fingerprint density at radius 1 is 0.553 bits per heavy atom. The van der Waals surface area contributed by atoms with Gasteiger partial charge in [0.25, 0.3) is 0 Å². The van der Waals surface area contributed by atoms with Crippen LogP contribution < -0.4 is 4.74 Å². The van der Waals surface area contributed by atoms with E-state index < -0.39 is 52.3 Å². The van der Waals surface area contributed by atoms with Crippen molar-refractivity contribution in [2.75, 3.05) is 0 Å². The van der Waals surface area contributed by atoms with Gasteiger partial charge in [-0.25, -0.2) is 26.3 Å². The summed E-state index contributed by atoms with van der Waals surface area (Å²) in [6.07, 6.45) is 0.676. The summed E-state index contributed by atoms with van der Waals surface area (Å²) >= 11 is 0. The summed E-state index contributed by atoms with van der Waals surface area (Å²) in [6.45, 7) is 2.14. The Morgan fingerprint density at radius 2 is 1.13 bits per heavy atom. The lowest BCUT2D eigenvalue weighted by Crippen LogP contribution is -2.21. The first-order valence-electron chi connectivity index (χ1n) is 14.8. The van der Waals surface area contributed by atoms with Crippen LogP contribution in [0, 0.1) is 34.9 Å². The average Bonchev–Trinajstić information content (AvgIpc) is 3.02. The predicted octanol–water partition coefficient (Wildman–Crippen LogP) is 11.9. The molecule has 5 aromatic carbocycles. The van der Waals surface area contributed by atoms with Crippen molar-refractivity contribution >= 4 is 6.08 Å². The monoisotopic (exact) mass is 652 g/mol. The van der Waals surface area contributed by atoms with E-state index in [4.69, 9.17) is 0 Å². The minimum Gasteiger partial charge on any atom is -0.429 e. The third-order valence-electron chi connectivity index (χ3n) is 7.58. The molecule has 5 aromatic rings. The molecule has 0 radical (unpaired) electrons. The van der Waals surface area contributed by atoms with Crippen molar-refractivity contribution < 1.29 is 39.9 Å². The number of aryl methyl sites for hydroxylation is 1. The maximum atomic E-state index is 15.2. The predicted molar refractivity (Wildman–Crippen MR) is 167 cm³/mol. The van der Waals surface area contributed by atoms with Crippen molar-refractivity contribution in [3.05, 3.63) is 143 Å². The molecule has 0 aliphatic heterocycles. The van der Waals surface area contributed by atoms with Gasteiger partial charge in [-0.1, -0.05) is 68.3 Å². The molecule has 0 saturated heterocycles. The summed E-state index contributed by atoms with van der Waals surface area (Å²) in [7, 11) is 0. The van der Waals surface area contributed by atoms with Crippen LogP contribution in [0.25, 0.3) is 39.5 Å². The Morgan fingerprint density at radius 3 is 1.74 bits per heavy atom. The van der Waals surface area contributed by atoms with E-state index in [9.17, 15) is 26.3 Å². The fourth-order valence-corrected chi connectivity index (χ4v) is 5.10. The highest BCUT2D eigenvalue weighted by atomic mass is 19.3. The molecular weight excluding hydrogens is 624 g/mol. The molecule has 1 nitrogen and oxygen atoms in total. The third-order valence-corrected chi connectivity index (χ3v) is 7.58. The third kappa shape index (κ3) is 8.09. The summed E-state index contributed by atoms with van der Waals surface area (Å²) in [5, 5.41) is 0. The summed E-state index contributed by atoms with van der Waals surface area (Å²) in [5.41, 5.74) is 1.72. The standard InChI is InChI=1S/C38H28F8O/c1-2-3-4-5-23-6-8-24(9-7-23)25-10-13-29(33(40)18-25)26-11-14-30(34(41)19-26)27-20-35(42)31(36(43)21-27)16-17-38(45,46)47-28-12-15-32(39)37(44)22-28/h6-22H,2-5H2,1H3/b17-16+. The molecule has 0 unspecified atom stereocenters. The number of hydrogen-bond acceptors (Lipinski definition) is 1. The maximum Gasteiger partial charge on any atom is 0.419 e. The minimum atomic E-state index is -4.14. The molecule has 0 saturated carbocycles. The number of hydrogen-bond donors (Lipinski definition) is 0. The van der Waals surface area contributed by atoms with Crippen LogP contribution in [0.2, 0.25) is 0 Å². The summed E-state index contributed by atoms with van der Waals surface area (Å²) in [5.74, 6) is -7.45. The second-order valence-corrected chi connectivity index (χ2v) is 11.0. The zero-order valence-electron chi connectivity index (χ0n) is 25.1. The molecule has 0 fully saturated rings. The lowest BCUT2D eigenvalue weighted by molar-refractivity contribution is -0.131. The van der Waals surface area contributed by atoms with Gasteiger partial charge < -0.3 is 4.74 Å². The van der Waals surface area contributed by atoms with Crippen molar-refractivity contribution in [2.24, 2.45) is 0 Å². The van der Waals surface area contributed by atoms with Gasteiger partial charge in [-0.3, -0.25) is 0 Å². The van der Waals surface area contributed by atoms with E-state index in [2.05, 4.69) is 11.7 Å². The summed E-state index contributed by atoms with van der Waals surface area (Å²) < 4.78 is 119. The molecule has 0 N–H and O–H groups in total. The van der Waals surface area contributed by atoms with Crippen molar-refractivity contribution in [1.82, 2.24) is 0 Å². The molecule has 0 heterocycles. The zero-order chi connectivity index (χ0) is 33.7. The molecule has 0 bridgehead atoms. The Kier molecular flexibility index (Phi) is 10.1. The van der Waals surface area contributed by atoms with Crippen molar-refractivity contribution in [3.8, 4) is 39.1 Å². The van der Waals surface area contributed by atoms with Crippen molar-refractivity contribution in [1.29, 1.82) is 0 Å². The number of halogens is 8. The van der Waals surface area contributed by atoms with E-state index >= 15 is 8.78 Å². The van der Waals surface area contributed by atoms with Crippen LogP contribution in [0.5, 0.6) is 5.75 Å². The highest BCUT2D eigenvalue weighted by Crippen LogP contribution is 2.34. The van der Waals surface area contributed by atoms with Crippen LogP contribution in [-0.4, -0.2) is 6.11 Å². The van der Waals surface area contributed by atoms with Gasteiger partial charge in [-0.2, -0.15) is 8.78 Å². The number of ether oxygens (including phenoxy) is 1. The Bertz CT molecular complexity index is 1890. The van der Waals surface area contributed by atoms with Crippen LogP contribution in [0.4, 0.5) is 35.1 Å². The first kappa shape index (κ1) is 33.4. The second-order valence-electron chi connectivity index (χ2n) is 11.0. The lowest BCUT2D eigenvalue weighted by atomic mass is 9.96. The van der Waals surface area contributed by atoms with E-state index in [1.54, 1.807) is 6.07 Å². The largest absolute Gasteiger partial charge is 0.429 e. The van der Waals surface area contributed by atoms with Crippen LogP contribution in [0.15, 0.2) is 97.1 Å². The Balaban J connectivity index is 1.32. The number of alkyl halides is 2. The SMILES string of the molecule is CCCCCc1ccc(-c2ccc(-c3ccc(-c4cc(F)c(/C=C/C(F)(F)Oc5ccc(F)c(F)c5)c(F)c4)c(F)c3)c(F)c2)cc1. The number of benzene rings is 5.